The zero-order valence-corrected chi connectivity index (χ0v) is 12.3. The highest BCUT2D eigenvalue weighted by atomic mass is 79.9. The number of hydrogen-bond donors (Lipinski definition) is 1. The molecule has 0 saturated carbocycles. The van der Waals surface area contributed by atoms with Gasteiger partial charge in [0, 0.05) is 14.3 Å². The van der Waals surface area contributed by atoms with E-state index in [4.69, 9.17) is 10.4 Å². The quantitative estimate of drug-likeness (QED) is 0.894. The Bertz CT molecular complexity index is 728. The van der Waals surface area contributed by atoms with Crippen molar-refractivity contribution in [2.75, 3.05) is 0 Å². The predicted molar refractivity (Wildman–Crippen MR) is 76.3 cm³/mol. The Morgan fingerprint density at radius 1 is 1.30 bits per heavy atom. The Morgan fingerprint density at radius 3 is 2.70 bits per heavy atom. The second kappa shape index (κ2) is 6.07. The van der Waals surface area contributed by atoms with Crippen LogP contribution in [0.3, 0.4) is 0 Å². The summed E-state index contributed by atoms with van der Waals surface area (Å²) in [5.41, 5.74) is 0.0860. The van der Waals surface area contributed by atoms with E-state index in [2.05, 4.69) is 22.0 Å². The molecule has 0 atom stereocenters. The lowest BCUT2D eigenvalue weighted by Crippen LogP contribution is -2.00. The van der Waals surface area contributed by atoms with Crippen LogP contribution < -0.4 is 0 Å². The summed E-state index contributed by atoms with van der Waals surface area (Å²) in [4.78, 5) is 12.1. The summed E-state index contributed by atoms with van der Waals surface area (Å²) >= 11 is 4.52. The molecule has 0 aromatic heterocycles. The van der Waals surface area contributed by atoms with Crippen LogP contribution in [0, 0.1) is 17.1 Å². The van der Waals surface area contributed by atoms with Crippen molar-refractivity contribution < 1.29 is 14.3 Å². The number of nitriles is 1. The minimum atomic E-state index is -1.32. The molecule has 0 radical (unpaired) electrons. The van der Waals surface area contributed by atoms with Gasteiger partial charge in [0.1, 0.15) is 11.9 Å². The Balaban J connectivity index is 2.40. The van der Waals surface area contributed by atoms with Crippen molar-refractivity contribution in [2.24, 2.45) is 0 Å². The lowest BCUT2D eigenvalue weighted by molar-refractivity contribution is 0.0691. The van der Waals surface area contributed by atoms with Crippen LogP contribution in [0.15, 0.2) is 50.7 Å². The molecular formula is C14H7BrFNO2S. The summed E-state index contributed by atoms with van der Waals surface area (Å²) in [7, 11) is 0. The lowest BCUT2D eigenvalue weighted by atomic mass is 10.2. The zero-order valence-electron chi connectivity index (χ0n) is 9.93. The normalized spacial score (nSPS) is 10.1. The standard InChI is InChI=1S/C14H7BrFNO2S/c15-9-2-1-8(7-17)13(5-9)20-10-3-4-12(16)11(6-10)14(18)19/h1-6H,(H,18,19). The highest BCUT2D eigenvalue weighted by molar-refractivity contribution is 9.10. The lowest BCUT2D eigenvalue weighted by Gasteiger charge is -2.06. The van der Waals surface area contributed by atoms with E-state index in [0.717, 1.165) is 10.5 Å². The molecule has 6 heteroatoms. The molecule has 20 heavy (non-hydrogen) atoms. The Morgan fingerprint density at radius 2 is 2.05 bits per heavy atom. The van der Waals surface area contributed by atoms with E-state index in [0.29, 0.717) is 15.4 Å². The maximum atomic E-state index is 13.3. The molecule has 0 bridgehead atoms. The third kappa shape index (κ3) is 3.18. The summed E-state index contributed by atoms with van der Waals surface area (Å²) in [6.45, 7) is 0. The van der Waals surface area contributed by atoms with Gasteiger partial charge < -0.3 is 5.11 Å². The SMILES string of the molecule is N#Cc1ccc(Br)cc1Sc1ccc(F)c(C(=O)O)c1. The van der Waals surface area contributed by atoms with Crippen molar-refractivity contribution in [1.82, 2.24) is 0 Å². The first-order chi connectivity index (χ1) is 9.51. The largest absolute Gasteiger partial charge is 0.478 e. The number of carboxylic acids is 1. The number of benzene rings is 2. The average molecular weight is 352 g/mol. The first-order valence-corrected chi connectivity index (χ1v) is 7.02. The molecule has 3 nitrogen and oxygen atoms in total. The molecule has 1 N–H and O–H groups in total. The van der Waals surface area contributed by atoms with Crippen LogP contribution >= 0.6 is 27.7 Å². The van der Waals surface area contributed by atoms with Crippen LogP contribution in [-0.2, 0) is 0 Å². The van der Waals surface area contributed by atoms with Gasteiger partial charge in [-0.1, -0.05) is 27.7 Å². The van der Waals surface area contributed by atoms with Gasteiger partial charge in [0.2, 0.25) is 0 Å². The monoisotopic (exact) mass is 351 g/mol. The molecule has 0 aliphatic rings. The molecule has 2 aromatic carbocycles. The number of rotatable bonds is 3. The van der Waals surface area contributed by atoms with Crippen LogP contribution in [0.5, 0.6) is 0 Å². The molecule has 0 saturated heterocycles. The van der Waals surface area contributed by atoms with Crippen LogP contribution in [-0.4, -0.2) is 11.1 Å². The summed E-state index contributed by atoms with van der Waals surface area (Å²) in [6.07, 6.45) is 0. The van der Waals surface area contributed by atoms with Gasteiger partial charge in [-0.05, 0) is 36.4 Å². The van der Waals surface area contributed by atoms with Gasteiger partial charge in [-0.3, -0.25) is 0 Å². The van der Waals surface area contributed by atoms with Crippen LogP contribution in [0.25, 0.3) is 0 Å². The maximum Gasteiger partial charge on any atom is 0.338 e. The predicted octanol–water partition coefficient (Wildman–Crippen LogP) is 4.31. The van der Waals surface area contributed by atoms with Crippen LogP contribution in [0.1, 0.15) is 15.9 Å². The number of carbonyl (C=O) groups is 1. The molecular weight excluding hydrogens is 345 g/mol. The van der Waals surface area contributed by atoms with E-state index < -0.39 is 11.8 Å². The summed E-state index contributed by atoms with van der Waals surface area (Å²) in [5, 5.41) is 17.9. The number of hydrogen-bond acceptors (Lipinski definition) is 3. The van der Waals surface area contributed by atoms with E-state index >= 15 is 0 Å². The van der Waals surface area contributed by atoms with Gasteiger partial charge >= 0.3 is 5.97 Å². The van der Waals surface area contributed by atoms with Crippen molar-refractivity contribution in [3.63, 3.8) is 0 Å². The molecule has 2 aromatic rings. The number of nitrogens with zero attached hydrogens (tertiary/aromatic N) is 1. The Kier molecular flexibility index (Phi) is 4.42. The molecule has 0 spiro atoms. The van der Waals surface area contributed by atoms with Gasteiger partial charge in [0.25, 0.3) is 0 Å². The first kappa shape index (κ1) is 14.6. The third-order valence-electron chi connectivity index (χ3n) is 2.46. The topological polar surface area (TPSA) is 61.1 Å². The van der Waals surface area contributed by atoms with E-state index in [1.165, 1.54) is 23.9 Å². The highest BCUT2D eigenvalue weighted by Gasteiger charge is 2.12. The van der Waals surface area contributed by atoms with E-state index in [1.54, 1.807) is 18.2 Å². The van der Waals surface area contributed by atoms with Crippen molar-refractivity contribution in [3.8, 4) is 6.07 Å². The van der Waals surface area contributed by atoms with E-state index in [1.807, 2.05) is 0 Å². The number of carboxylic acid groups (broad SMARTS) is 1. The minimum Gasteiger partial charge on any atom is -0.478 e. The van der Waals surface area contributed by atoms with Gasteiger partial charge in [0.15, 0.2) is 0 Å². The Hall–Kier alpha value is -1.84. The van der Waals surface area contributed by atoms with Gasteiger partial charge in [-0.15, -0.1) is 0 Å². The summed E-state index contributed by atoms with van der Waals surface area (Å²) in [5.74, 6) is -2.10. The molecule has 0 unspecified atom stereocenters. The highest BCUT2D eigenvalue weighted by Crippen LogP contribution is 2.33. The molecule has 0 amide bonds. The fourth-order valence-corrected chi connectivity index (χ4v) is 3.02. The summed E-state index contributed by atoms with van der Waals surface area (Å²) < 4.78 is 14.1. The first-order valence-electron chi connectivity index (χ1n) is 5.41. The van der Waals surface area contributed by atoms with Crippen molar-refractivity contribution >= 4 is 33.7 Å². The third-order valence-corrected chi connectivity index (χ3v) is 4.00. The fourth-order valence-electron chi connectivity index (χ4n) is 1.53. The molecule has 0 aliphatic carbocycles. The van der Waals surface area contributed by atoms with E-state index in [-0.39, 0.29) is 5.56 Å². The van der Waals surface area contributed by atoms with Crippen LogP contribution in [0.4, 0.5) is 4.39 Å². The second-order valence-corrected chi connectivity index (χ2v) is 5.83. The fraction of sp³-hybridized carbons (Fsp3) is 0. The van der Waals surface area contributed by atoms with Crippen LogP contribution in [0.2, 0.25) is 0 Å². The zero-order chi connectivity index (χ0) is 14.7. The molecule has 0 fully saturated rings. The molecule has 2 rings (SSSR count). The van der Waals surface area contributed by atoms with Gasteiger partial charge in [0.05, 0.1) is 11.1 Å². The van der Waals surface area contributed by atoms with E-state index in [9.17, 15) is 9.18 Å². The van der Waals surface area contributed by atoms with Gasteiger partial charge in [-0.25, -0.2) is 9.18 Å². The molecule has 0 heterocycles. The maximum absolute atomic E-state index is 13.3. The summed E-state index contributed by atoms with van der Waals surface area (Å²) in [6, 6.07) is 11.1. The second-order valence-electron chi connectivity index (χ2n) is 3.80. The smallest absolute Gasteiger partial charge is 0.338 e. The van der Waals surface area contributed by atoms with Crippen molar-refractivity contribution in [1.29, 1.82) is 5.26 Å². The average Bonchev–Trinajstić information content (AvgIpc) is 2.41. The molecule has 0 aliphatic heterocycles. The molecule has 100 valence electrons. The minimum absolute atomic E-state index is 0.386. The number of halogens is 2. The number of aromatic carboxylic acids is 1. The van der Waals surface area contributed by atoms with Crippen molar-refractivity contribution in [3.05, 3.63) is 57.8 Å². The Labute approximate surface area is 127 Å². The van der Waals surface area contributed by atoms with Gasteiger partial charge in [-0.2, -0.15) is 5.26 Å². The van der Waals surface area contributed by atoms with Crippen molar-refractivity contribution in [2.45, 2.75) is 9.79 Å².